The molecule has 1 aliphatic rings. The second-order valence-electron chi connectivity index (χ2n) is 6.46. The smallest absolute Gasteiger partial charge is 0.252 e. The third kappa shape index (κ3) is 3.94. The van der Waals surface area contributed by atoms with Gasteiger partial charge in [0.1, 0.15) is 0 Å². The second kappa shape index (κ2) is 7.64. The number of likely N-dealkylation sites (tertiary alicyclic amines) is 1. The monoisotopic (exact) mass is 313 g/mol. The highest BCUT2D eigenvalue weighted by atomic mass is 16.1. The van der Waals surface area contributed by atoms with E-state index in [1.54, 1.807) is 0 Å². The molecular weight excluding hydrogens is 286 g/mol. The van der Waals surface area contributed by atoms with Crippen LogP contribution in [-0.4, -0.2) is 40.9 Å². The van der Waals surface area contributed by atoms with Crippen molar-refractivity contribution < 1.29 is 4.79 Å². The SMILES string of the molecule is CCC1CCCCN1CCCNC(=O)c1cc2ccccn2c1. The van der Waals surface area contributed by atoms with Crippen LogP contribution in [0.1, 0.15) is 49.4 Å². The van der Waals surface area contributed by atoms with E-state index in [4.69, 9.17) is 0 Å². The molecule has 23 heavy (non-hydrogen) atoms. The standard InChI is InChI=1S/C19H27N3O/c1-2-17-8-3-5-11-21(17)13-7-10-20-19(23)16-14-18-9-4-6-12-22(18)15-16/h4,6,9,12,14-15,17H,2-3,5,7-8,10-11,13H2,1H3,(H,20,23). The van der Waals surface area contributed by atoms with E-state index in [0.717, 1.165) is 36.6 Å². The van der Waals surface area contributed by atoms with Crippen LogP contribution in [0.5, 0.6) is 0 Å². The summed E-state index contributed by atoms with van der Waals surface area (Å²) in [5.41, 5.74) is 1.79. The minimum atomic E-state index is 0.0272. The van der Waals surface area contributed by atoms with Crippen molar-refractivity contribution in [1.82, 2.24) is 14.6 Å². The topological polar surface area (TPSA) is 36.8 Å². The average Bonchev–Trinajstić information content (AvgIpc) is 3.03. The molecule has 4 heteroatoms. The number of nitrogens with one attached hydrogen (secondary N) is 1. The molecule has 0 aromatic carbocycles. The van der Waals surface area contributed by atoms with Gasteiger partial charge in [0.15, 0.2) is 0 Å². The average molecular weight is 313 g/mol. The molecule has 0 bridgehead atoms. The summed E-state index contributed by atoms with van der Waals surface area (Å²) in [5.74, 6) is 0.0272. The number of amides is 1. The number of pyridine rings is 1. The van der Waals surface area contributed by atoms with E-state index in [9.17, 15) is 4.79 Å². The van der Waals surface area contributed by atoms with Crippen LogP contribution in [0.3, 0.4) is 0 Å². The third-order valence-corrected chi connectivity index (χ3v) is 4.89. The molecule has 1 unspecified atom stereocenters. The fourth-order valence-corrected chi connectivity index (χ4v) is 3.58. The lowest BCUT2D eigenvalue weighted by Crippen LogP contribution is -2.40. The fraction of sp³-hybridized carbons (Fsp3) is 0.526. The summed E-state index contributed by atoms with van der Waals surface area (Å²) in [5, 5.41) is 3.05. The molecule has 2 aromatic heterocycles. The van der Waals surface area contributed by atoms with Gasteiger partial charge >= 0.3 is 0 Å². The molecule has 3 rings (SSSR count). The summed E-state index contributed by atoms with van der Waals surface area (Å²) in [6.07, 6.45) is 10.1. The zero-order valence-corrected chi connectivity index (χ0v) is 14.0. The van der Waals surface area contributed by atoms with Gasteiger partial charge in [0, 0.05) is 37.0 Å². The number of piperidine rings is 1. The first kappa shape index (κ1) is 16.1. The van der Waals surface area contributed by atoms with E-state index in [1.165, 1.54) is 32.2 Å². The highest BCUT2D eigenvalue weighted by molar-refractivity contribution is 5.95. The Bertz CT molecular complexity index is 616. The summed E-state index contributed by atoms with van der Waals surface area (Å²) >= 11 is 0. The van der Waals surface area contributed by atoms with Crippen LogP contribution >= 0.6 is 0 Å². The number of rotatable bonds is 6. The first-order valence-electron chi connectivity index (χ1n) is 8.87. The van der Waals surface area contributed by atoms with E-state index in [0.29, 0.717) is 0 Å². The molecule has 1 N–H and O–H groups in total. The van der Waals surface area contributed by atoms with Crippen molar-refractivity contribution in [3.8, 4) is 0 Å². The molecule has 4 nitrogen and oxygen atoms in total. The van der Waals surface area contributed by atoms with Crippen LogP contribution in [0.4, 0.5) is 0 Å². The van der Waals surface area contributed by atoms with Crippen LogP contribution in [-0.2, 0) is 0 Å². The molecule has 1 saturated heterocycles. The van der Waals surface area contributed by atoms with Crippen molar-refractivity contribution in [1.29, 1.82) is 0 Å². The van der Waals surface area contributed by atoms with E-state index < -0.39 is 0 Å². The zero-order valence-electron chi connectivity index (χ0n) is 14.0. The van der Waals surface area contributed by atoms with Gasteiger partial charge in [-0.05, 0) is 50.4 Å². The highest BCUT2D eigenvalue weighted by Crippen LogP contribution is 2.19. The maximum absolute atomic E-state index is 12.2. The van der Waals surface area contributed by atoms with Gasteiger partial charge in [-0.1, -0.05) is 19.4 Å². The Morgan fingerprint density at radius 1 is 1.35 bits per heavy atom. The van der Waals surface area contributed by atoms with Gasteiger partial charge < -0.3 is 14.6 Å². The number of carbonyl (C=O) groups excluding carboxylic acids is 1. The van der Waals surface area contributed by atoms with Gasteiger partial charge in [-0.15, -0.1) is 0 Å². The maximum atomic E-state index is 12.2. The molecule has 0 radical (unpaired) electrons. The van der Waals surface area contributed by atoms with Crippen LogP contribution in [0.25, 0.3) is 5.52 Å². The molecule has 2 aromatic rings. The van der Waals surface area contributed by atoms with E-state index in [-0.39, 0.29) is 5.91 Å². The van der Waals surface area contributed by atoms with E-state index in [1.807, 2.05) is 41.1 Å². The molecule has 0 aliphatic carbocycles. The quantitative estimate of drug-likeness (QED) is 0.831. The predicted octanol–water partition coefficient (Wildman–Crippen LogP) is 3.32. The van der Waals surface area contributed by atoms with Crippen molar-refractivity contribution in [2.75, 3.05) is 19.6 Å². The van der Waals surface area contributed by atoms with Gasteiger partial charge in [-0.25, -0.2) is 0 Å². The summed E-state index contributed by atoms with van der Waals surface area (Å²) in [4.78, 5) is 14.8. The fourth-order valence-electron chi connectivity index (χ4n) is 3.58. The van der Waals surface area contributed by atoms with Crippen molar-refractivity contribution in [3.05, 3.63) is 42.2 Å². The number of aromatic nitrogens is 1. The van der Waals surface area contributed by atoms with Crippen LogP contribution in [0.15, 0.2) is 36.7 Å². The Kier molecular flexibility index (Phi) is 5.34. The largest absolute Gasteiger partial charge is 0.352 e. The van der Waals surface area contributed by atoms with Gasteiger partial charge in [0.2, 0.25) is 0 Å². The number of nitrogens with zero attached hydrogens (tertiary/aromatic N) is 2. The Hall–Kier alpha value is -1.81. The van der Waals surface area contributed by atoms with E-state index in [2.05, 4.69) is 17.1 Å². The molecule has 1 aliphatic heterocycles. The molecule has 124 valence electrons. The lowest BCUT2D eigenvalue weighted by atomic mass is 10.00. The Balaban J connectivity index is 1.45. The molecule has 3 heterocycles. The number of hydrogen-bond acceptors (Lipinski definition) is 2. The highest BCUT2D eigenvalue weighted by Gasteiger charge is 2.19. The summed E-state index contributed by atoms with van der Waals surface area (Å²) in [6.45, 7) is 5.34. The maximum Gasteiger partial charge on any atom is 0.252 e. The minimum absolute atomic E-state index is 0.0272. The Labute approximate surface area is 138 Å². The first-order chi connectivity index (χ1) is 11.3. The summed E-state index contributed by atoms with van der Waals surface area (Å²) < 4.78 is 1.98. The molecular formula is C19H27N3O. The lowest BCUT2D eigenvalue weighted by molar-refractivity contribution is 0.0947. The minimum Gasteiger partial charge on any atom is -0.352 e. The van der Waals surface area contributed by atoms with Crippen molar-refractivity contribution in [2.45, 2.75) is 45.1 Å². The van der Waals surface area contributed by atoms with Crippen LogP contribution in [0, 0.1) is 0 Å². The number of fused-ring (bicyclic) bond motifs is 1. The number of carbonyl (C=O) groups is 1. The molecule has 0 saturated carbocycles. The summed E-state index contributed by atoms with van der Waals surface area (Å²) in [6, 6.07) is 8.65. The van der Waals surface area contributed by atoms with Crippen LogP contribution < -0.4 is 5.32 Å². The lowest BCUT2D eigenvalue weighted by Gasteiger charge is -2.35. The third-order valence-electron chi connectivity index (χ3n) is 4.89. The summed E-state index contributed by atoms with van der Waals surface area (Å²) in [7, 11) is 0. The predicted molar refractivity (Wildman–Crippen MR) is 93.9 cm³/mol. The van der Waals surface area contributed by atoms with Gasteiger partial charge in [0.25, 0.3) is 5.91 Å². The molecule has 1 amide bonds. The second-order valence-corrected chi connectivity index (χ2v) is 6.46. The van der Waals surface area contributed by atoms with Gasteiger partial charge in [-0.2, -0.15) is 0 Å². The van der Waals surface area contributed by atoms with Gasteiger partial charge in [0.05, 0.1) is 5.56 Å². The Morgan fingerprint density at radius 3 is 3.09 bits per heavy atom. The molecule has 1 atom stereocenters. The van der Waals surface area contributed by atoms with Crippen LogP contribution in [0.2, 0.25) is 0 Å². The Morgan fingerprint density at radius 2 is 2.26 bits per heavy atom. The van der Waals surface area contributed by atoms with Crippen molar-refractivity contribution in [2.24, 2.45) is 0 Å². The number of hydrogen-bond donors (Lipinski definition) is 1. The van der Waals surface area contributed by atoms with E-state index >= 15 is 0 Å². The molecule has 1 fully saturated rings. The van der Waals surface area contributed by atoms with Crippen molar-refractivity contribution >= 4 is 11.4 Å². The zero-order chi connectivity index (χ0) is 16.1. The first-order valence-corrected chi connectivity index (χ1v) is 8.87. The van der Waals surface area contributed by atoms with Crippen molar-refractivity contribution in [3.63, 3.8) is 0 Å². The normalized spacial score (nSPS) is 19.1. The van der Waals surface area contributed by atoms with Gasteiger partial charge in [-0.3, -0.25) is 4.79 Å². The molecule has 0 spiro atoms.